The lowest BCUT2D eigenvalue weighted by molar-refractivity contribution is -0.121. The van der Waals surface area contributed by atoms with Gasteiger partial charge in [-0.25, -0.2) is 0 Å². The van der Waals surface area contributed by atoms with Gasteiger partial charge in [0.05, 0.1) is 6.21 Å². The van der Waals surface area contributed by atoms with Crippen molar-refractivity contribution in [2.24, 2.45) is 10.1 Å². The molecule has 11 heteroatoms. The van der Waals surface area contributed by atoms with Gasteiger partial charge in [0.25, 0.3) is 5.91 Å². The highest BCUT2D eigenvalue weighted by Gasteiger charge is 2.30. The molecule has 0 aromatic heterocycles. The third-order valence-electron chi connectivity index (χ3n) is 5.76. The van der Waals surface area contributed by atoms with E-state index in [1.807, 2.05) is 24.3 Å². The fourth-order valence-electron chi connectivity index (χ4n) is 3.87. The van der Waals surface area contributed by atoms with Gasteiger partial charge < -0.3 is 25.5 Å². The minimum atomic E-state index is -0.671. The largest absolute Gasteiger partial charge is 0.504 e. The molecule has 35 heavy (non-hydrogen) atoms. The van der Waals surface area contributed by atoms with Crippen molar-refractivity contribution < 1.29 is 24.9 Å². The van der Waals surface area contributed by atoms with Crippen LogP contribution in [0.15, 0.2) is 46.5 Å². The fraction of sp³-hybridized carbons (Fsp3) is 0.333. The Morgan fingerprint density at radius 3 is 2.49 bits per heavy atom. The van der Waals surface area contributed by atoms with Crippen LogP contribution in [0.2, 0.25) is 0 Å². The molecule has 2 aromatic carbocycles. The van der Waals surface area contributed by atoms with Gasteiger partial charge in [-0.1, -0.05) is 24.6 Å². The van der Waals surface area contributed by atoms with Gasteiger partial charge in [0, 0.05) is 36.4 Å². The maximum absolute atomic E-state index is 12.5. The van der Waals surface area contributed by atoms with E-state index in [2.05, 4.69) is 25.7 Å². The van der Waals surface area contributed by atoms with Crippen LogP contribution in [0.3, 0.4) is 0 Å². The number of benzene rings is 2. The van der Waals surface area contributed by atoms with E-state index in [9.17, 15) is 24.9 Å². The zero-order valence-electron chi connectivity index (χ0n) is 19.0. The van der Waals surface area contributed by atoms with E-state index < -0.39 is 28.4 Å². The quantitative estimate of drug-likeness (QED) is 0.232. The Morgan fingerprint density at radius 1 is 1.06 bits per heavy atom. The van der Waals surface area contributed by atoms with Crippen LogP contribution >= 0.6 is 11.8 Å². The van der Waals surface area contributed by atoms with E-state index in [-0.39, 0.29) is 23.1 Å². The van der Waals surface area contributed by atoms with Crippen LogP contribution in [0.25, 0.3) is 0 Å². The number of carbonyl (C=O) groups excluding carboxylic acids is 2. The number of phenols is 3. The van der Waals surface area contributed by atoms with E-state index in [1.54, 1.807) is 0 Å². The summed E-state index contributed by atoms with van der Waals surface area (Å²) in [4.78, 5) is 30.9. The zero-order valence-corrected chi connectivity index (χ0v) is 19.8. The van der Waals surface area contributed by atoms with Crippen LogP contribution in [0.4, 0.5) is 11.4 Å². The molecule has 0 spiro atoms. The van der Waals surface area contributed by atoms with Gasteiger partial charge in [0.15, 0.2) is 16.7 Å². The predicted molar refractivity (Wildman–Crippen MR) is 136 cm³/mol. The van der Waals surface area contributed by atoms with Gasteiger partial charge in [-0.2, -0.15) is 10.1 Å². The maximum atomic E-state index is 12.5. The monoisotopic (exact) mass is 497 g/mol. The van der Waals surface area contributed by atoms with E-state index in [0.29, 0.717) is 5.69 Å². The van der Waals surface area contributed by atoms with Crippen molar-refractivity contribution in [3.63, 3.8) is 0 Å². The first-order valence-corrected chi connectivity index (χ1v) is 12.3. The van der Waals surface area contributed by atoms with Crippen molar-refractivity contribution in [2.75, 3.05) is 23.3 Å². The molecular formula is C24H27N5O5S. The Labute approximate surface area is 206 Å². The Morgan fingerprint density at radius 2 is 1.77 bits per heavy atom. The summed E-state index contributed by atoms with van der Waals surface area (Å²) < 4.78 is 0. The summed E-state index contributed by atoms with van der Waals surface area (Å²) in [6.45, 7) is 2.09. The molecular weight excluding hydrogens is 470 g/mol. The first-order chi connectivity index (χ1) is 16.9. The second-order valence-corrected chi connectivity index (χ2v) is 9.49. The van der Waals surface area contributed by atoms with Gasteiger partial charge in [-0.05, 0) is 49.2 Å². The minimum absolute atomic E-state index is 0.0393. The molecule has 0 aliphatic carbocycles. The van der Waals surface area contributed by atoms with Crippen LogP contribution in [0, 0.1) is 0 Å². The number of rotatable bonds is 6. The van der Waals surface area contributed by atoms with Gasteiger partial charge in [-0.15, -0.1) is 0 Å². The average Bonchev–Trinajstić information content (AvgIpc) is 3.02. The highest BCUT2D eigenvalue weighted by atomic mass is 32.2. The summed E-state index contributed by atoms with van der Waals surface area (Å²) in [6, 6.07) is 10.3. The molecule has 0 radical (unpaired) electrons. The first kappa shape index (κ1) is 24.4. The van der Waals surface area contributed by atoms with E-state index in [4.69, 9.17) is 0 Å². The van der Waals surface area contributed by atoms with Crippen molar-refractivity contribution in [1.82, 2.24) is 5.43 Å². The van der Waals surface area contributed by atoms with Gasteiger partial charge in [0.2, 0.25) is 11.7 Å². The number of nitrogens with one attached hydrogen (secondary N) is 2. The van der Waals surface area contributed by atoms with E-state index in [0.717, 1.165) is 30.5 Å². The van der Waals surface area contributed by atoms with Crippen molar-refractivity contribution >= 4 is 46.3 Å². The van der Waals surface area contributed by atoms with Gasteiger partial charge in [0.1, 0.15) is 5.25 Å². The lowest BCUT2D eigenvalue weighted by atomic mass is 10.2. The number of carbonyl (C=O) groups is 2. The number of phenolic OH excluding ortho intramolecular Hbond substituents is 3. The normalized spacial score (nSPS) is 18.4. The van der Waals surface area contributed by atoms with Crippen LogP contribution in [-0.2, 0) is 9.59 Å². The predicted octanol–water partition coefficient (Wildman–Crippen LogP) is 3.13. The number of aliphatic imine (C=N–C) groups is 1. The molecule has 0 saturated carbocycles. The van der Waals surface area contributed by atoms with Crippen molar-refractivity contribution in [2.45, 2.75) is 37.4 Å². The minimum Gasteiger partial charge on any atom is -0.504 e. The summed E-state index contributed by atoms with van der Waals surface area (Å²) in [7, 11) is 0. The molecule has 2 aromatic rings. The van der Waals surface area contributed by atoms with Crippen LogP contribution in [0.1, 0.15) is 37.7 Å². The molecule has 2 amide bonds. The molecule has 10 nitrogen and oxygen atoms in total. The van der Waals surface area contributed by atoms with E-state index in [1.165, 1.54) is 44.0 Å². The molecule has 1 unspecified atom stereocenters. The van der Waals surface area contributed by atoms with Crippen LogP contribution in [0.5, 0.6) is 17.2 Å². The van der Waals surface area contributed by atoms with Crippen molar-refractivity contribution in [3.8, 4) is 17.2 Å². The van der Waals surface area contributed by atoms with Crippen LogP contribution < -0.4 is 15.6 Å². The number of thioether (sulfide) groups is 1. The summed E-state index contributed by atoms with van der Waals surface area (Å²) in [5, 5.41) is 35.0. The third kappa shape index (κ3) is 6.24. The Balaban J connectivity index is 1.26. The molecule has 184 valence electrons. The number of amides is 2. The highest BCUT2D eigenvalue weighted by Crippen LogP contribution is 2.36. The molecule has 1 fully saturated rings. The Bertz CT molecular complexity index is 1140. The number of amidine groups is 1. The number of aromatic hydroxyl groups is 3. The molecule has 2 aliphatic rings. The zero-order chi connectivity index (χ0) is 24.8. The fourth-order valence-corrected chi connectivity index (χ4v) is 4.78. The number of nitrogens with zero attached hydrogens (tertiary/aromatic N) is 3. The van der Waals surface area contributed by atoms with Crippen molar-refractivity contribution in [1.29, 1.82) is 0 Å². The summed E-state index contributed by atoms with van der Waals surface area (Å²) in [5.41, 5.74) is 4.56. The SMILES string of the molecule is O=C(CC1SC(N/N=C/c2ccc(O)c(O)c2O)=NC1=O)Nc1ccc(N2CCCCCC2)cc1. The highest BCUT2D eigenvalue weighted by molar-refractivity contribution is 8.15. The number of hydrogen-bond donors (Lipinski definition) is 5. The molecule has 0 bridgehead atoms. The van der Waals surface area contributed by atoms with Crippen molar-refractivity contribution in [3.05, 3.63) is 42.0 Å². The number of hydrazone groups is 1. The summed E-state index contributed by atoms with van der Waals surface area (Å²) in [5.74, 6) is -2.36. The van der Waals surface area contributed by atoms with E-state index >= 15 is 0 Å². The summed E-state index contributed by atoms with van der Waals surface area (Å²) in [6.07, 6.45) is 6.09. The van der Waals surface area contributed by atoms with Gasteiger partial charge in [-0.3, -0.25) is 15.0 Å². The third-order valence-corrected chi connectivity index (χ3v) is 6.82. The second-order valence-electron chi connectivity index (χ2n) is 8.30. The topological polar surface area (TPSA) is 147 Å². The lowest BCUT2D eigenvalue weighted by Crippen LogP contribution is -2.24. The molecule has 1 saturated heterocycles. The Hall–Kier alpha value is -3.73. The molecule has 4 rings (SSSR count). The van der Waals surface area contributed by atoms with Crippen LogP contribution in [-0.4, -0.2) is 56.9 Å². The molecule has 1 atom stereocenters. The average molecular weight is 498 g/mol. The first-order valence-electron chi connectivity index (χ1n) is 11.4. The Kier molecular flexibility index (Phi) is 7.76. The van der Waals surface area contributed by atoms with Gasteiger partial charge >= 0.3 is 0 Å². The lowest BCUT2D eigenvalue weighted by Gasteiger charge is -2.22. The standard InChI is InChI=1S/C24H27N5O5S/c30-18-10-5-15(21(32)22(18)33)14-25-28-24-27-23(34)19(35-24)13-20(31)26-16-6-8-17(9-7-16)29-11-3-1-2-4-12-29/h5-10,14,19,30,32-33H,1-4,11-13H2,(H,26,31)(H,27,28,34)/b25-14+. The smallest absolute Gasteiger partial charge is 0.262 e. The maximum Gasteiger partial charge on any atom is 0.262 e. The number of anilines is 2. The molecule has 2 aliphatic heterocycles. The number of hydrogen-bond acceptors (Lipinski definition) is 9. The molecule has 5 N–H and O–H groups in total. The second kappa shape index (κ2) is 11.1. The summed E-state index contributed by atoms with van der Waals surface area (Å²) >= 11 is 1.08. The molecule has 2 heterocycles.